The molecule has 1 aromatic heterocycles. The minimum atomic E-state index is -0.205. The Hall–Kier alpha value is -0.410. The Morgan fingerprint density at radius 1 is 1.54 bits per heavy atom. The molecule has 0 saturated carbocycles. The first-order chi connectivity index (χ1) is 5.97. The van der Waals surface area contributed by atoms with E-state index in [-0.39, 0.29) is 12.0 Å². The van der Waals surface area contributed by atoms with Gasteiger partial charge in [-0.15, -0.1) is 11.3 Å². The van der Waals surface area contributed by atoms with Crippen LogP contribution in [0.4, 0.5) is 0 Å². The zero-order valence-corrected chi connectivity index (χ0v) is 9.48. The van der Waals surface area contributed by atoms with Crippen molar-refractivity contribution in [2.24, 2.45) is 0 Å². The summed E-state index contributed by atoms with van der Waals surface area (Å²) in [6.45, 7) is 8.43. The predicted octanol–water partition coefficient (Wildman–Crippen LogP) is 2.54. The van der Waals surface area contributed by atoms with Gasteiger partial charge in [0.25, 0.3) is 0 Å². The van der Waals surface area contributed by atoms with E-state index in [4.69, 9.17) is 5.11 Å². The fourth-order valence-corrected chi connectivity index (χ4v) is 1.97. The smallest absolute Gasteiger partial charge is 0.0953 e. The zero-order valence-electron chi connectivity index (χ0n) is 8.66. The highest BCUT2D eigenvalue weighted by atomic mass is 32.1. The minimum Gasteiger partial charge on any atom is -0.395 e. The molecule has 0 aliphatic heterocycles. The molecule has 0 amide bonds. The molecular formula is C10H17NOS. The van der Waals surface area contributed by atoms with Crippen LogP contribution in [-0.4, -0.2) is 16.7 Å². The highest BCUT2D eigenvalue weighted by Gasteiger charge is 2.22. The Balaban J connectivity index is 2.91. The monoisotopic (exact) mass is 199 g/mol. The fourth-order valence-electron chi connectivity index (χ4n) is 0.945. The van der Waals surface area contributed by atoms with Gasteiger partial charge in [0.05, 0.1) is 17.3 Å². The summed E-state index contributed by atoms with van der Waals surface area (Å²) in [6.07, 6.45) is 0. The van der Waals surface area contributed by atoms with E-state index in [9.17, 15) is 0 Å². The van der Waals surface area contributed by atoms with Gasteiger partial charge in [0.15, 0.2) is 0 Å². The highest BCUT2D eigenvalue weighted by Crippen LogP contribution is 2.27. The molecule has 0 radical (unpaired) electrons. The molecule has 0 aliphatic carbocycles. The van der Waals surface area contributed by atoms with Crippen molar-refractivity contribution in [3.8, 4) is 0 Å². The van der Waals surface area contributed by atoms with E-state index in [1.165, 1.54) is 0 Å². The van der Waals surface area contributed by atoms with Gasteiger partial charge in [-0.3, -0.25) is 0 Å². The summed E-state index contributed by atoms with van der Waals surface area (Å²) in [7, 11) is 0. The first-order valence-electron chi connectivity index (χ1n) is 4.54. The van der Waals surface area contributed by atoms with Crippen LogP contribution in [0, 0.1) is 0 Å². The van der Waals surface area contributed by atoms with Gasteiger partial charge in [-0.2, -0.15) is 0 Å². The van der Waals surface area contributed by atoms with Crippen LogP contribution >= 0.6 is 11.3 Å². The first kappa shape index (κ1) is 10.7. The molecule has 0 atom stereocenters. The van der Waals surface area contributed by atoms with Crippen molar-refractivity contribution in [1.29, 1.82) is 0 Å². The van der Waals surface area contributed by atoms with Gasteiger partial charge >= 0.3 is 0 Å². The Morgan fingerprint density at radius 3 is 2.54 bits per heavy atom. The summed E-state index contributed by atoms with van der Waals surface area (Å²) < 4.78 is 0. The van der Waals surface area contributed by atoms with E-state index in [1.807, 2.05) is 19.2 Å². The van der Waals surface area contributed by atoms with Crippen molar-refractivity contribution in [3.05, 3.63) is 16.1 Å². The largest absolute Gasteiger partial charge is 0.395 e. The van der Waals surface area contributed by atoms with Gasteiger partial charge in [0.1, 0.15) is 0 Å². The van der Waals surface area contributed by atoms with Crippen LogP contribution in [0.2, 0.25) is 0 Å². The fraction of sp³-hybridized carbons (Fsp3) is 0.700. The molecule has 0 bridgehead atoms. The molecule has 0 saturated heterocycles. The SMILES string of the molecule is CC(C)c1nc(C(C)(C)CO)cs1. The molecular weight excluding hydrogens is 182 g/mol. The van der Waals surface area contributed by atoms with Crippen molar-refractivity contribution < 1.29 is 5.11 Å². The third kappa shape index (κ3) is 2.29. The third-order valence-corrected chi connectivity index (χ3v) is 3.25. The Kier molecular flexibility index (Phi) is 3.09. The molecule has 1 rings (SSSR count). The molecule has 3 heteroatoms. The van der Waals surface area contributed by atoms with E-state index in [2.05, 4.69) is 18.8 Å². The molecule has 0 unspecified atom stereocenters. The van der Waals surface area contributed by atoms with Gasteiger partial charge in [0, 0.05) is 16.7 Å². The van der Waals surface area contributed by atoms with Gasteiger partial charge < -0.3 is 5.11 Å². The number of aromatic nitrogens is 1. The van der Waals surface area contributed by atoms with Crippen molar-refractivity contribution in [3.63, 3.8) is 0 Å². The standard InChI is InChI=1S/C10H17NOS/c1-7(2)9-11-8(5-13-9)10(3,4)6-12/h5,7,12H,6H2,1-4H3. The van der Waals surface area contributed by atoms with Crippen LogP contribution < -0.4 is 0 Å². The highest BCUT2D eigenvalue weighted by molar-refractivity contribution is 7.09. The molecule has 0 aromatic carbocycles. The molecule has 0 fully saturated rings. The van der Waals surface area contributed by atoms with Crippen LogP contribution in [0.25, 0.3) is 0 Å². The predicted molar refractivity (Wildman–Crippen MR) is 56.3 cm³/mol. The summed E-state index contributed by atoms with van der Waals surface area (Å²) in [6, 6.07) is 0. The second-order valence-corrected chi connectivity index (χ2v) is 5.16. The lowest BCUT2D eigenvalue weighted by atomic mass is 9.91. The van der Waals surface area contributed by atoms with Gasteiger partial charge in [-0.1, -0.05) is 27.7 Å². The van der Waals surface area contributed by atoms with Crippen molar-refractivity contribution in [1.82, 2.24) is 4.98 Å². The van der Waals surface area contributed by atoms with Crippen LogP contribution in [0.5, 0.6) is 0 Å². The molecule has 1 N–H and O–H groups in total. The minimum absolute atomic E-state index is 0.147. The van der Waals surface area contributed by atoms with Gasteiger partial charge in [-0.05, 0) is 0 Å². The number of rotatable bonds is 3. The second-order valence-electron chi connectivity index (χ2n) is 4.27. The molecule has 2 nitrogen and oxygen atoms in total. The first-order valence-corrected chi connectivity index (χ1v) is 5.42. The van der Waals surface area contributed by atoms with Gasteiger partial charge in [-0.25, -0.2) is 4.98 Å². The number of aliphatic hydroxyl groups excluding tert-OH is 1. The molecule has 13 heavy (non-hydrogen) atoms. The summed E-state index contributed by atoms with van der Waals surface area (Å²) in [4.78, 5) is 4.51. The summed E-state index contributed by atoms with van der Waals surface area (Å²) in [5.41, 5.74) is 0.799. The molecule has 1 heterocycles. The second kappa shape index (κ2) is 3.76. The average Bonchev–Trinajstić information content (AvgIpc) is 2.52. The topological polar surface area (TPSA) is 33.1 Å². The van der Waals surface area contributed by atoms with E-state index in [1.54, 1.807) is 11.3 Å². The van der Waals surface area contributed by atoms with E-state index in [0.29, 0.717) is 5.92 Å². The van der Waals surface area contributed by atoms with E-state index >= 15 is 0 Å². The normalized spacial score (nSPS) is 12.5. The lowest BCUT2D eigenvalue weighted by Crippen LogP contribution is -2.22. The van der Waals surface area contributed by atoms with Gasteiger partial charge in [0.2, 0.25) is 0 Å². The summed E-state index contributed by atoms with van der Waals surface area (Å²) in [5.74, 6) is 0.480. The lowest BCUT2D eigenvalue weighted by Gasteiger charge is -2.18. The maximum Gasteiger partial charge on any atom is 0.0953 e. The van der Waals surface area contributed by atoms with Crippen molar-refractivity contribution in [2.75, 3.05) is 6.61 Å². The quantitative estimate of drug-likeness (QED) is 0.811. The van der Waals surface area contributed by atoms with Crippen LogP contribution in [0.1, 0.15) is 44.3 Å². The third-order valence-electron chi connectivity index (χ3n) is 2.10. The zero-order chi connectivity index (χ0) is 10.1. The molecule has 0 spiro atoms. The molecule has 0 aliphatic rings. The Bertz CT molecular complexity index is 278. The Labute approximate surface area is 83.6 Å². The number of hydrogen-bond acceptors (Lipinski definition) is 3. The van der Waals surface area contributed by atoms with Crippen LogP contribution in [0.3, 0.4) is 0 Å². The maximum absolute atomic E-state index is 9.16. The molecule has 74 valence electrons. The number of hydrogen-bond donors (Lipinski definition) is 1. The van der Waals surface area contributed by atoms with Crippen molar-refractivity contribution in [2.45, 2.75) is 39.0 Å². The van der Waals surface area contributed by atoms with E-state index in [0.717, 1.165) is 10.7 Å². The Morgan fingerprint density at radius 2 is 2.15 bits per heavy atom. The molecule has 1 aromatic rings. The summed E-state index contributed by atoms with van der Waals surface area (Å²) >= 11 is 1.68. The average molecular weight is 199 g/mol. The number of nitrogens with zero attached hydrogens (tertiary/aromatic N) is 1. The maximum atomic E-state index is 9.16. The number of aliphatic hydroxyl groups is 1. The summed E-state index contributed by atoms with van der Waals surface area (Å²) in [5, 5.41) is 12.4. The number of thiazole rings is 1. The van der Waals surface area contributed by atoms with E-state index < -0.39 is 0 Å². The van der Waals surface area contributed by atoms with Crippen LogP contribution in [0.15, 0.2) is 5.38 Å². The lowest BCUT2D eigenvalue weighted by molar-refractivity contribution is 0.215. The van der Waals surface area contributed by atoms with Crippen molar-refractivity contribution >= 4 is 11.3 Å². The van der Waals surface area contributed by atoms with Crippen LogP contribution in [-0.2, 0) is 5.41 Å².